The average Bonchev–Trinajstić information content (AvgIpc) is 3.89. The zero-order valence-corrected chi connectivity index (χ0v) is 29.6. The fraction of sp³-hybridized carbons (Fsp3) is 0.349. The van der Waals surface area contributed by atoms with Gasteiger partial charge in [0.05, 0.1) is 18.7 Å². The van der Waals surface area contributed by atoms with Gasteiger partial charge in [0.1, 0.15) is 54.6 Å². The first-order chi connectivity index (χ1) is 26.2. The number of halogens is 1. The maximum absolute atomic E-state index is 14.7. The number of aliphatic hydroxyl groups excluding tert-OH is 6. The Morgan fingerprint density at radius 1 is 0.556 bits per heavy atom. The molecule has 2 saturated heterocycles. The fourth-order valence-corrected chi connectivity index (χ4v) is 7.77. The van der Waals surface area contributed by atoms with Gasteiger partial charge in [0, 0.05) is 52.9 Å². The van der Waals surface area contributed by atoms with E-state index in [1.165, 1.54) is 30.0 Å². The molecule has 3 fully saturated rings. The van der Waals surface area contributed by atoms with Crippen molar-refractivity contribution in [3.8, 4) is 0 Å². The van der Waals surface area contributed by atoms with Crippen molar-refractivity contribution in [3.63, 3.8) is 0 Å². The molecule has 0 unspecified atom stereocenters. The zero-order chi connectivity index (χ0) is 37.5. The molecule has 0 radical (unpaired) electrons. The van der Waals surface area contributed by atoms with Crippen LogP contribution in [0.15, 0.2) is 109 Å². The Bertz CT molecular complexity index is 2200. The highest BCUT2D eigenvalue weighted by molar-refractivity contribution is 5.85. The van der Waals surface area contributed by atoms with Gasteiger partial charge >= 0.3 is 0 Å². The molecule has 3 aliphatic rings. The minimum Gasteiger partial charge on any atom is -0.388 e. The van der Waals surface area contributed by atoms with E-state index in [1.807, 2.05) is 53.2 Å². The Morgan fingerprint density at radius 3 is 1.74 bits per heavy atom. The maximum Gasteiger partial charge on any atom is 0.147 e. The van der Waals surface area contributed by atoms with Gasteiger partial charge in [-0.15, -0.1) is 0 Å². The number of fused-ring (bicyclic) bond motifs is 2. The van der Waals surface area contributed by atoms with E-state index in [9.17, 15) is 35.0 Å². The molecule has 8 atom stereocenters. The number of para-hydroxylation sites is 2. The first-order valence-corrected chi connectivity index (χ1v) is 18.5. The molecule has 6 N–H and O–H groups in total. The van der Waals surface area contributed by atoms with Crippen molar-refractivity contribution >= 4 is 21.8 Å². The lowest BCUT2D eigenvalue weighted by atomic mass is 9.94. The molecule has 0 spiro atoms. The van der Waals surface area contributed by atoms with Crippen LogP contribution in [-0.4, -0.2) is 89.6 Å². The van der Waals surface area contributed by atoms with E-state index in [4.69, 9.17) is 9.47 Å². The van der Waals surface area contributed by atoms with Crippen molar-refractivity contribution in [1.82, 2.24) is 9.13 Å². The van der Waals surface area contributed by atoms with Crippen LogP contribution >= 0.6 is 0 Å². The maximum atomic E-state index is 14.7. The quantitative estimate of drug-likeness (QED) is 0.138. The van der Waals surface area contributed by atoms with E-state index in [-0.39, 0.29) is 19.0 Å². The van der Waals surface area contributed by atoms with Crippen molar-refractivity contribution in [3.05, 3.63) is 143 Å². The number of hydrogen-bond donors (Lipinski definition) is 6. The highest BCUT2D eigenvalue weighted by Crippen LogP contribution is 2.40. The molecule has 2 aliphatic heterocycles. The van der Waals surface area contributed by atoms with E-state index in [0.29, 0.717) is 35.5 Å². The van der Waals surface area contributed by atoms with Crippen LogP contribution in [0.4, 0.5) is 4.39 Å². The van der Waals surface area contributed by atoms with E-state index < -0.39 is 48.8 Å². The zero-order valence-electron chi connectivity index (χ0n) is 29.6. The number of ether oxygens (including phenoxy) is 2. The number of rotatable bonds is 7. The molecule has 6 aromatic rings. The molecule has 54 heavy (non-hydrogen) atoms. The van der Waals surface area contributed by atoms with Gasteiger partial charge in [0.2, 0.25) is 0 Å². The van der Waals surface area contributed by atoms with E-state index in [2.05, 4.69) is 41.0 Å². The Morgan fingerprint density at radius 2 is 1.09 bits per heavy atom. The molecule has 282 valence electrons. The van der Waals surface area contributed by atoms with Crippen molar-refractivity contribution in [2.24, 2.45) is 0 Å². The summed E-state index contributed by atoms with van der Waals surface area (Å²) < 4.78 is 29.9. The van der Waals surface area contributed by atoms with Gasteiger partial charge in [-0.2, -0.15) is 0 Å². The second-order valence-corrected chi connectivity index (χ2v) is 14.7. The summed E-state index contributed by atoms with van der Waals surface area (Å²) in [7, 11) is 0. The highest BCUT2D eigenvalue weighted by Gasteiger charge is 2.41. The van der Waals surface area contributed by atoms with Crippen LogP contribution in [-0.2, 0) is 22.6 Å². The Labute approximate surface area is 311 Å². The number of aliphatic hydroxyl groups is 6. The lowest BCUT2D eigenvalue weighted by Crippen LogP contribution is -2.48. The van der Waals surface area contributed by atoms with Crippen LogP contribution < -0.4 is 0 Å². The molecule has 1 aliphatic carbocycles. The molecule has 9 rings (SSSR count). The summed E-state index contributed by atoms with van der Waals surface area (Å²) >= 11 is 0. The van der Waals surface area contributed by atoms with Crippen molar-refractivity contribution in [1.29, 1.82) is 0 Å². The number of nitrogens with zero attached hydrogens (tertiary/aromatic N) is 2. The molecule has 2 aromatic heterocycles. The highest BCUT2D eigenvalue weighted by atomic mass is 19.1. The molecule has 0 bridgehead atoms. The first kappa shape index (κ1) is 36.5. The molecule has 11 heteroatoms. The van der Waals surface area contributed by atoms with Crippen LogP contribution in [0.25, 0.3) is 21.8 Å². The van der Waals surface area contributed by atoms with Crippen molar-refractivity contribution in [2.45, 2.75) is 80.7 Å². The summed E-state index contributed by atoms with van der Waals surface area (Å²) in [6.07, 6.45) is -2.45. The summed E-state index contributed by atoms with van der Waals surface area (Å²) in [6.45, 7) is 1.10. The minimum atomic E-state index is -1.31. The molecule has 10 nitrogen and oxygen atoms in total. The molecular formula is C43H45FN2O8. The molecule has 4 aromatic carbocycles. The van der Waals surface area contributed by atoms with Gasteiger partial charge < -0.3 is 49.2 Å². The average molecular weight is 737 g/mol. The van der Waals surface area contributed by atoms with Gasteiger partial charge in [-0.25, -0.2) is 4.39 Å². The van der Waals surface area contributed by atoms with Gasteiger partial charge in [-0.05, 0) is 47.6 Å². The van der Waals surface area contributed by atoms with E-state index in [0.717, 1.165) is 22.0 Å². The van der Waals surface area contributed by atoms with Crippen LogP contribution in [0, 0.1) is 5.82 Å². The minimum absolute atomic E-state index is 0.00108. The van der Waals surface area contributed by atoms with Crippen molar-refractivity contribution < 1.29 is 44.5 Å². The van der Waals surface area contributed by atoms with Crippen molar-refractivity contribution in [2.75, 3.05) is 13.2 Å². The van der Waals surface area contributed by atoms with Crippen LogP contribution in [0.3, 0.4) is 0 Å². The first-order valence-electron chi connectivity index (χ1n) is 18.5. The second-order valence-electron chi connectivity index (χ2n) is 14.7. The predicted octanol–water partition coefficient (Wildman–Crippen LogP) is 4.70. The SMILES string of the molecule is O[C@@H]1[C@@H](O)[C@H](c2cn(Cc3ccc(C4CC4)cc3)c3c(F)cccc23)OC[C@H]1O.O[C@@H]1[C@@H](O)[C@H](c2cn(Cc3ccccc3)c3ccccc23)OC[C@H]1O. The van der Waals surface area contributed by atoms with E-state index >= 15 is 0 Å². The number of hydrogen-bond acceptors (Lipinski definition) is 8. The third-order valence-corrected chi connectivity index (χ3v) is 10.9. The lowest BCUT2D eigenvalue weighted by molar-refractivity contribution is -0.188. The Kier molecular flexibility index (Phi) is 10.4. The van der Waals surface area contributed by atoms with Crippen LogP contribution in [0.1, 0.15) is 58.8 Å². The molecular weight excluding hydrogens is 691 g/mol. The standard InChI is InChI=1S/C23H24FNO4.C20H21NO4/c24-18-3-1-2-16-17(23-22(28)21(27)19(26)12-29-23)11-25(20(16)18)10-13-4-6-14(7-5-13)15-8-9-15;22-17-12-25-20(19(24)18(17)23)15-11-21(10-13-6-2-1-3-7-13)16-9-5-4-8-14(15)16/h1-7,11,15,19,21-23,26-28H,8-10,12H2;1-9,11,17-20,22-24H,10,12H2/t19-,21+,22-,23+;17-,18+,19-,20+/m11/s1. The van der Waals surface area contributed by atoms with Gasteiger partial charge in [-0.1, -0.05) is 84.9 Å². The summed E-state index contributed by atoms with van der Waals surface area (Å²) in [5.41, 5.74) is 6.49. The third-order valence-electron chi connectivity index (χ3n) is 10.9. The number of benzene rings is 4. The van der Waals surface area contributed by atoms with Crippen LogP contribution in [0.2, 0.25) is 0 Å². The normalized spacial score (nSPS) is 27.2. The largest absolute Gasteiger partial charge is 0.388 e. The second kappa shape index (κ2) is 15.4. The summed E-state index contributed by atoms with van der Waals surface area (Å²) in [4.78, 5) is 0. The van der Waals surface area contributed by atoms with Gasteiger partial charge in [0.15, 0.2) is 0 Å². The number of aromatic nitrogens is 2. The topological polar surface area (TPSA) is 150 Å². The Balaban J connectivity index is 0.000000155. The predicted molar refractivity (Wildman–Crippen MR) is 200 cm³/mol. The smallest absolute Gasteiger partial charge is 0.147 e. The monoisotopic (exact) mass is 736 g/mol. The third kappa shape index (κ3) is 7.22. The lowest BCUT2D eigenvalue weighted by Gasteiger charge is -2.35. The van der Waals surface area contributed by atoms with E-state index in [1.54, 1.807) is 18.3 Å². The molecule has 1 saturated carbocycles. The summed E-state index contributed by atoms with van der Waals surface area (Å²) in [6, 6.07) is 31.3. The van der Waals surface area contributed by atoms with Gasteiger partial charge in [-0.3, -0.25) is 0 Å². The van der Waals surface area contributed by atoms with Crippen LogP contribution in [0.5, 0.6) is 0 Å². The fourth-order valence-electron chi connectivity index (χ4n) is 7.77. The molecule has 0 amide bonds. The summed E-state index contributed by atoms with van der Waals surface area (Å²) in [5.74, 6) is 0.335. The Hall–Kier alpha value is -4.43. The summed E-state index contributed by atoms with van der Waals surface area (Å²) in [5, 5.41) is 61.9. The molecule has 4 heterocycles. The van der Waals surface area contributed by atoms with Gasteiger partial charge in [0.25, 0.3) is 0 Å².